The summed E-state index contributed by atoms with van der Waals surface area (Å²) in [5, 5.41) is 24.9. The topological polar surface area (TPSA) is 116 Å². The van der Waals surface area contributed by atoms with E-state index in [2.05, 4.69) is 35.9 Å². The first kappa shape index (κ1) is 11.7. The summed E-state index contributed by atoms with van der Waals surface area (Å²) >= 11 is 0. The van der Waals surface area contributed by atoms with Gasteiger partial charge in [-0.15, -0.1) is 10.2 Å². The van der Waals surface area contributed by atoms with Crippen molar-refractivity contribution < 1.29 is 0 Å². The number of tetrazole rings is 1. The van der Waals surface area contributed by atoms with Crippen molar-refractivity contribution in [3.8, 4) is 6.07 Å². The van der Waals surface area contributed by atoms with E-state index in [4.69, 9.17) is 5.26 Å². The predicted octanol–water partition coefficient (Wildman–Crippen LogP) is 0.583. The molecule has 8 heteroatoms. The van der Waals surface area contributed by atoms with Crippen LogP contribution in [0.5, 0.6) is 0 Å². The summed E-state index contributed by atoms with van der Waals surface area (Å²) in [5.41, 5.74) is 1.93. The number of aromatic nitrogens is 6. The molecule has 0 unspecified atom stereocenters. The smallest absolute Gasteiger partial charge is 0.227 e. The van der Waals surface area contributed by atoms with Gasteiger partial charge in [-0.1, -0.05) is 0 Å². The average molecular weight is 242 g/mol. The molecule has 0 atom stereocenters. The minimum absolute atomic E-state index is 0.217. The summed E-state index contributed by atoms with van der Waals surface area (Å²) in [6, 6.07) is 3.82. The lowest BCUT2D eigenvalue weighted by molar-refractivity contribution is 0.881. The maximum absolute atomic E-state index is 8.96. The van der Waals surface area contributed by atoms with Gasteiger partial charge in [-0.05, 0) is 25.1 Å². The van der Waals surface area contributed by atoms with Crippen LogP contribution in [-0.2, 0) is 0 Å². The lowest BCUT2D eigenvalue weighted by atomic mass is 10.3. The molecule has 0 fully saturated rings. The van der Waals surface area contributed by atoms with Gasteiger partial charge in [0.15, 0.2) is 0 Å². The minimum atomic E-state index is 0.217. The predicted molar refractivity (Wildman–Crippen MR) is 62.9 cm³/mol. The van der Waals surface area contributed by atoms with Crippen molar-refractivity contribution in [2.45, 2.75) is 13.8 Å². The van der Waals surface area contributed by atoms with Crippen LogP contribution in [-0.4, -0.2) is 30.6 Å². The number of aromatic amines is 1. The van der Waals surface area contributed by atoms with E-state index in [0.29, 0.717) is 5.95 Å². The Morgan fingerprint density at radius 3 is 2.67 bits per heavy atom. The second-order valence-electron chi connectivity index (χ2n) is 3.52. The van der Waals surface area contributed by atoms with Crippen LogP contribution < -0.4 is 5.32 Å². The number of nitrogens with zero attached hydrogens (tertiary/aromatic N) is 6. The third-order valence-electron chi connectivity index (χ3n) is 2.03. The molecule has 2 rings (SSSR count). The third-order valence-corrected chi connectivity index (χ3v) is 2.03. The molecule has 0 radical (unpaired) electrons. The highest BCUT2D eigenvalue weighted by molar-refractivity contribution is 5.73. The number of allylic oxidation sites excluding steroid dienone is 1. The zero-order valence-corrected chi connectivity index (χ0v) is 9.84. The van der Waals surface area contributed by atoms with Crippen LogP contribution >= 0.6 is 0 Å². The number of nitrogens with one attached hydrogen (secondary N) is 2. The van der Waals surface area contributed by atoms with Crippen molar-refractivity contribution in [1.82, 2.24) is 30.6 Å². The standard InChI is InChI=1S/C10H10N8/c1-6-3-7(2)14-10(13-6)12-5-8(4-11)9-15-17-18-16-9/h3,5H,1-2H3,(H,12,13,14)(H,15,16,17,18)/b8-5+. The molecule has 0 aliphatic carbocycles. The monoisotopic (exact) mass is 242 g/mol. The van der Waals surface area contributed by atoms with Crippen LogP contribution in [0.3, 0.4) is 0 Å². The van der Waals surface area contributed by atoms with Gasteiger partial charge in [-0.3, -0.25) is 0 Å². The highest BCUT2D eigenvalue weighted by Crippen LogP contribution is 2.08. The number of nitriles is 1. The molecule has 2 N–H and O–H groups in total. The quantitative estimate of drug-likeness (QED) is 0.756. The van der Waals surface area contributed by atoms with Crippen molar-refractivity contribution in [1.29, 1.82) is 5.26 Å². The summed E-state index contributed by atoms with van der Waals surface area (Å²) in [4.78, 5) is 8.36. The third kappa shape index (κ3) is 2.65. The first-order valence-electron chi connectivity index (χ1n) is 5.12. The molecule has 90 valence electrons. The Morgan fingerprint density at radius 2 is 2.11 bits per heavy atom. The molecule has 0 saturated heterocycles. The molecule has 0 spiro atoms. The molecule has 2 aromatic heterocycles. The van der Waals surface area contributed by atoms with Gasteiger partial charge in [0.1, 0.15) is 11.6 Å². The van der Waals surface area contributed by atoms with Crippen molar-refractivity contribution in [2.24, 2.45) is 0 Å². The molecule has 0 amide bonds. The molecule has 18 heavy (non-hydrogen) atoms. The number of hydrogen-bond acceptors (Lipinski definition) is 7. The number of anilines is 1. The lowest BCUT2D eigenvalue weighted by Crippen LogP contribution is -2.00. The first-order chi connectivity index (χ1) is 8.69. The van der Waals surface area contributed by atoms with Gasteiger partial charge in [-0.25, -0.2) is 9.97 Å². The molecule has 0 aliphatic heterocycles. The minimum Gasteiger partial charge on any atom is -0.329 e. The largest absolute Gasteiger partial charge is 0.329 e. The van der Waals surface area contributed by atoms with Crippen LogP contribution in [0.4, 0.5) is 5.95 Å². The normalized spacial score (nSPS) is 11.1. The average Bonchev–Trinajstić information content (AvgIpc) is 2.82. The van der Waals surface area contributed by atoms with Gasteiger partial charge in [-0.2, -0.15) is 10.5 Å². The number of rotatable bonds is 3. The molecule has 0 aromatic carbocycles. The van der Waals surface area contributed by atoms with Crippen LogP contribution in [0.1, 0.15) is 17.2 Å². The summed E-state index contributed by atoms with van der Waals surface area (Å²) in [6.07, 6.45) is 1.44. The van der Waals surface area contributed by atoms with Gasteiger partial charge in [0.25, 0.3) is 0 Å². The Hall–Kier alpha value is -2.82. The van der Waals surface area contributed by atoms with E-state index in [1.807, 2.05) is 26.0 Å². The fourth-order valence-corrected chi connectivity index (χ4v) is 1.35. The van der Waals surface area contributed by atoms with Crippen LogP contribution in [0.15, 0.2) is 12.3 Å². The Morgan fingerprint density at radius 1 is 1.39 bits per heavy atom. The van der Waals surface area contributed by atoms with E-state index < -0.39 is 0 Å². The van der Waals surface area contributed by atoms with E-state index in [9.17, 15) is 0 Å². The van der Waals surface area contributed by atoms with E-state index in [1.54, 1.807) is 0 Å². The number of hydrogen-bond donors (Lipinski definition) is 2. The van der Waals surface area contributed by atoms with E-state index in [-0.39, 0.29) is 11.4 Å². The summed E-state index contributed by atoms with van der Waals surface area (Å²) in [7, 11) is 0. The Labute approximate surface area is 103 Å². The highest BCUT2D eigenvalue weighted by atomic mass is 15.5. The second-order valence-corrected chi connectivity index (χ2v) is 3.52. The molecular formula is C10H10N8. The molecule has 2 heterocycles. The summed E-state index contributed by atoms with van der Waals surface area (Å²) < 4.78 is 0. The molecule has 8 nitrogen and oxygen atoms in total. The zero-order chi connectivity index (χ0) is 13.0. The van der Waals surface area contributed by atoms with Crippen LogP contribution in [0, 0.1) is 25.2 Å². The molecule has 0 aliphatic rings. The lowest BCUT2D eigenvalue weighted by Gasteiger charge is -2.02. The maximum atomic E-state index is 8.96. The summed E-state index contributed by atoms with van der Waals surface area (Å²) in [6.45, 7) is 3.74. The van der Waals surface area contributed by atoms with Gasteiger partial charge >= 0.3 is 0 Å². The molecular weight excluding hydrogens is 232 g/mol. The van der Waals surface area contributed by atoms with E-state index >= 15 is 0 Å². The number of H-pyrrole nitrogens is 1. The highest BCUT2D eigenvalue weighted by Gasteiger charge is 2.06. The first-order valence-corrected chi connectivity index (χ1v) is 5.12. The van der Waals surface area contributed by atoms with Crippen molar-refractivity contribution >= 4 is 11.5 Å². The molecule has 2 aromatic rings. The van der Waals surface area contributed by atoms with Crippen molar-refractivity contribution in [3.63, 3.8) is 0 Å². The van der Waals surface area contributed by atoms with Crippen molar-refractivity contribution in [3.05, 3.63) is 29.5 Å². The van der Waals surface area contributed by atoms with E-state index in [0.717, 1.165) is 11.4 Å². The fourth-order valence-electron chi connectivity index (χ4n) is 1.35. The zero-order valence-electron chi connectivity index (χ0n) is 9.84. The maximum Gasteiger partial charge on any atom is 0.227 e. The Bertz CT molecular complexity index is 587. The molecule has 0 saturated carbocycles. The molecule has 0 bridgehead atoms. The van der Waals surface area contributed by atoms with Gasteiger partial charge in [0.2, 0.25) is 11.8 Å². The van der Waals surface area contributed by atoms with Crippen molar-refractivity contribution in [2.75, 3.05) is 5.32 Å². The number of aryl methyl sites for hydroxylation is 2. The second kappa shape index (κ2) is 5.01. The van der Waals surface area contributed by atoms with Crippen LogP contribution in [0.2, 0.25) is 0 Å². The van der Waals surface area contributed by atoms with Gasteiger partial charge in [0, 0.05) is 17.6 Å². The Kier molecular flexibility index (Phi) is 3.24. The fraction of sp³-hybridized carbons (Fsp3) is 0.200. The van der Waals surface area contributed by atoms with Gasteiger partial charge in [0.05, 0.1) is 0 Å². The van der Waals surface area contributed by atoms with Crippen LogP contribution in [0.25, 0.3) is 5.57 Å². The van der Waals surface area contributed by atoms with Gasteiger partial charge < -0.3 is 5.32 Å². The van der Waals surface area contributed by atoms with E-state index in [1.165, 1.54) is 6.20 Å². The summed E-state index contributed by atoms with van der Waals surface area (Å²) in [5.74, 6) is 0.637. The SMILES string of the molecule is Cc1cc(C)nc(N/C=C(\C#N)c2nn[nH]n2)n1. The Balaban J connectivity index is 2.21.